The average molecular weight is 551 g/mol. The van der Waals surface area contributed by atoms with Gasteiger partial charge in [0.2, 0.25) is 0 Å². The number of nitrogens with zero attached hydrogens (tertiary/aromatic N) is 6. The smallest absolute Gasteiger partial charge is 0.353 e. The van der Waals surface area contributed by atoms with Crippen LogP contribution in [0.4, 0.5) is 19.0 Å². The van der Waals surface area contributed by atoms with E-state index in [-0.39, 0.29) is 6.54 Å². The molecule has 1 fully saturated rings. The number of carbonyl (C=O) groups excluding carboxylic acids is 1. The minimum absolute atomic E-state index is 0.150. The lowest BCUT2D eigenvalue weighted by Gasteiger charge is -2.30. The minimum atomic E-state index is -4.96. The van der Waals surface area contributed by atoms with Crippen molar-refractivity contribution in [2.24, 2.45) is 0 Å². The molecular weight excluding hydrogens is 529 g/mol. The first-order chi connectivity index (χ1) is 17.6. The van der Waals surface area contributed by atoms with Crippen LogP contribution in [0.2, 0.25) is 5.02 Å². The van der Waals surface area contributed by atoms with Crippen LogP contribution in [-0.2, 0) is 11.2 Å². The molecule has 37 heavy (non-hydrogen) atoms. The zero-order valence-electron chi connectivity index (χ0n) is 19.9. The van der Waals surface area contributed by atoms with E-state index in [2.05, 4.69) is 30.2 Å². The average Bonchev–Trinajstić information content (AvgIpc) is 3.44. The van der Waals surface area contributed by atoms with Gasteiger partial charge in [-0.15, -0.1) is 0 Å². The third kappa shape index (κ3) is 4.89. The number of halogens is 4. The second-order valence-corrected chi connectivity index (χ2v) is 10.2. The highest BCUT2D eigenvalue weighted by molar-refractivity contribution is 7.99. The van der Waals surface area contributed by atoms with Crippen LogP contribution in [0.1, 0.15) is 32.4 Å². The van der Waals surface area contributed by atoms with Gasteiger partial charge in [0, 0.05) is 42.3 Å². The van der Waals surface area contributed by atoms with Crippen LogP contribution < -0.4 is 10.2 Å². The van der Waals surface area contributed by atoms with Crippen LogP contribution >= 0.6 is 23.4 Å². The van der Waals surface area contributed by atoms with Gasteiger partial charge in [-0.2, -0.15) is 13.2 Å². The van der Waals surface area contributed by atoms with Crippen LogP contribution in [0.5, 0.6) is 0 Å². The predicted octanol–water partition coefficient (Wildman–Crippen LogP) is 4.70. The summed E-state index contributed by atoms with van der Waals surface area (Å²) in [5.41, 5.74) is 1.40. The van der Waals surface area contributed by atoms with Crippen molar-refractivity contribution in [3.63, 3.8) is 0 Å². The van der Waals surface area contributed by atoms with Gasteiger partial charge in [0.1, 0.15) is 17.0 Å². The second-order valence-electron chi connectivity index (χ2n) is 8.75. The van der Waals surface area contributed by atoms with Crippen molar-refractivity contribution in [1.29, 1.82) is 0 Å². The van der Waals surface area contributed by atoms with Crippen LogP contribution in [0.3, 0.4) is 0 Å². The molecular formula is C23H22ClF3N8OS. The Bertz CT molecular complexity index is 1500. The van der Waals surface area contributed by atoms with Crippen LogP contribution in [0.15, 0.2) is 34.7 Å². The van der Waals surface area contributed by atoms with Crippen molar-refractivity contribution in [3.8, 4) is 0 Å². The van der Waals surface area contributed by atoms with Crippen LogP contribution in [0.25, 0.3) is 22.2 Å². The molecule has 0 bridgehead atoms. The number of anilines is 1. The summed E-state index contributed by atoms with van der Waals surface area (Å²) >= 11 is 7.95. The van der Waals surface area contributed by atoms with Gasteiger partial charge in [0.05, 0.1) is 15.9 Å². The zero-order chi connectivity index (χ0) is 26.4. The zero-order valence-corrected chi connectivity index (χ0v) is 21.4. The van der Waals surface area contributed by atoms with E-state index in [9.17, 15) is 18.0 Å². The van der Waals surface area contributed by atoms with Gasteiger partial charge in [0.15, 0.2) is 10.8 Å². The van der Waals surface area contributed by atoms with Gasteiger partial charge in [-0.3, -0.25) is 9.78 Å². The molecule has 0 aromatic carbocycles. The number of hydrogen-bond donors (Lipinski definition) is 2. The minimum Gasteiger partial charge on any atom is -0.353 e. The summed E-state index contributed by atoms with van der Waals surface area (Å²) in [7, 11) is 0. The molecule has 194 valence electrons. The van der Waals surface area contributed by atoms with Crippen molar-refractivity contribution >= 4 is 57.3 Å². The topological polar surface area (TPSA) is 113 Å². The quantitative estimate of drug-likeness (QED) is 0.332. The standard InChI is InChI=1S/C23H22ClF3N8OS/c1-3-13-16(24)15-18(31-13)32-21(37-12-9-14-17(30-10-12)29-7-6-28-14)33-19(15)35-8-5-22(4-2,11-35)34-20(36)23(25,26)27/h6-7,9-10H,3-5,8,11H2,1-2H3,(H,34,36)(H,31,32,33). The molecule has 2 N–H and O–H groups in total. The van der Waals surface area contributed by atoms with E-state index in [1.54, 1.807) is 25.5 Å². The number of alkyl halides is 3. The van der Waals surface area contributed by atoms with E-state index < -0.39 is 17.6 Å². The Labute approximate surface area is 218 Å². The lowest BCUT2D eigenvalue weighted by molar-refractivity contribution is -0.175. The molecule has 4 aromatic rings. The molecule has 4 aromatic heterocycles. The molecule has 1 atom stereocenters. The molecule has 1 aliphatic heterocycles. The molecule has 9 nitrogen and oxygen atoms in total. The van der Waals surface area contributed by atoms with E-state index >= 15 is 0 Å². The predicted molar refractivity (Wildman–Crippen MR) is 134 cm³/mol. The molecule has 0 radical (unpaired) electrons. The maximum atomic E-state index is 13.0. The number of aryl methyl sites for hydroxylation is 1. The molecule has 14 heteroatoms. The highest BCUT2D eigenvalue weighted by atomic mass is 35.5. The number of rotatable bonds is 6. The Morgan fingerprint density at radius 3 is 2.76 bits per heavy atom. The van der Waals surface area contributed by atoms with E-state index in [0.717, 1.165) is 10.6 Å². The molecule has 1 saturated heterocycles. The first kappa shape index (κ1) is 25.5. The summed E-state index contributed by atoms with van der Waals surface area (Å²) in [4.78, 5) is 39.8. The molecule has 5 rings (SSSR count). The number of aromatic nitrogens is 6. The van der Waals surface area contributed by atoms with Crippen LogP contribution in [0, 0.1) is 0 Å². The fourth-order valence-electron chi connectivity index (χ4n) is 4.43. The van der Waals surface area contributed by atoms with Crippen molar-refractivity contribution < 1.29 is 18.0 Å². The summed E-state index contributed by atoms with van der Waals surface area (Å²) in [6.45, 7) is 4.24. The van der Waals surface area contributed by atoms with Gasteiger partial charge >= 0.3 is 12.1 Å². The number of aromatic amines is 1. The van der Waals surface area contributed by atoms with E-state index in [0.29, 0.717) is 64.0 Å². The van der Waals surface area contributed by atoms with Crippen molar-refractivity contribution in [1.82, 2.24) is 35.2 Å². The Morgan fingerprint density at radius 1 is 1.24 bits per heavy atom. The second kappa shape index (κ2) is 9.60. The molecule has 1 aliphatic rings. The molecule has 0 spiro atoms. The molecule has 1 amide bonds. The van der Waals surface area contributed by atoms with Crippen molar-refractivity contribution in [2.45, 2.75) is 54.9 Å². The first-order valence-electron chi connectivity index (χ1n) is 11.6. The monoisotopic (exact) mass is 550 g/mol. The fourth-order valence-corrected chi connectivity index (χ4v) is 5.54. The summed E-state index contributed by atoms with van der Waals surface area (Å²) in [6.07, 6.45) is 1.12. The number of H-pyrrole nitrogens is 1. The Hall–Kier alpha value is -3.19. The molecule has 5 heterocycles. The van der Waals surface area contributed by atoms with E-state index in [4.69, 9.17) is 16.6 Å². The highest BCUT2D eigenvalue weighted by Crippen LogP contribution is 2.39. The number of nitrogens with one attached hydrogen (secondary N) is 2. The van der Waals surface area contributed by atoms with Gasteiger partial charge in [-0.25, -0.2) is 19.9 Å². The van der Waals surface area contributed by atoms with E-state index in [1.165, 1.54) is 11.8 Å². The largest absolute Gasteiger partial charge is 0.471 e. The van der Waals surface area contributed by atoms with Crippen LogP contribution in [-0.4, -0.2) is 60.6 Å². The van der Waals surface area contributed by atoms with Crippen molar-refractivity contribution in [3.05, 3.63) is 35.4 Å². The van der Waals surface area contributed by atoms with Crippen molar-refractivity contribution in [2.75, 3.05) is 18.0 Å². The van der Waals surface area contributed by atoms with Gasteiger partial charge in [-0.1, -0.05) is 25.4 Å². The normalized spacial score (nSPS) is 18.2. The molecule has 0 aliphatic carbocycles. The summed E-state index contributed by atoms with van der Waals surface area (Å²) in [5.74, 6) is -1.45. The third-order valence-electron chi connectivity index (χ3n) is 6.45. The maximum Gasteiger partial charge on any atom is 0.471 e. The lowest BCUT2D eigenvalue weighted by Crippen LogP contribution is -2.54. The van der Waals surface area contributed by atoms with Gasteiger partial charge in [-0.05, 0) is 37.1 Å². The molecule has 1 unspecified atom stereocenters. The van der Waals surface area contributed by atoms with Gasteiger partial charge < -0.3 is 15.2 Å². The summed E-state index contributed by atoms with van der Waals surface area (Å²) in [6, 6.07) is 1.83. The lowest BCUT2D eigenvalue weighted by atomic mass is 9.95. The Morgan fingerprint density at radius 2 is 2.03 bits per heavy atom. The number of hydrogen-bond acceptors (Lipinski definition) is 8. The SMILES string of the molecule is CCc1[nH]c2nc(Sc3cnc4nccnc4c3)nc(N3CCC(CC)(NC(=O)C(F)(F)F)C3)c2c1Cl. The maximum absolute atomic E-state index is 13.0. The molecule has 0 saturated carbocycles. The highest BCUT2D eigenvalue weighted by Gasteiger charge is 2.46. The van der Waals surface area contributed by atoms with E-state index in [1.807, 2.05) is 17.9 Å². The number of fused-ring (bicyclic) bond motifs is 2. The summed E-state index contributed by atoms with van der Waals surface area (Å²) < 4.78 is 39.0. The first-order valence-corrected chi connectivity index (χ1v) is 12.8. The van der Waals surface area contributed by atoms with Gasteiger partial charge in [0.25, 0.3) is 0 Å². The Kier molecular flexibility index (Phi) is 6.61. The third-order valence-corrected chi connectivity index (χ3v) is 7.69. The number of pyridine rings is 1. The fraction of sp³-hybridized carbons (Fsp3) is 0.391. The number of carbonyl (C=O) groups is 1. The summed E-state index contributed by atoms with van der Waals surface area (Å²) in [5, 5.41) is 3.69. The number of amides is 1. The Balaban J connectivity index is 1.52.